The van der Waals surface area contributed by atoms with Crippen LogP contribution in [0.15, 0.2) is 48.5 Å². The Labute approximate surface area is 107 Å². The van der Waals surface area contributed by atoms with Gasteiger partial charge in [0.05, 0.1) is 11.1 Å². The van der Waals surface area contributed by atoms with E-state index in [2.05, 4.69) is 0 Å². The van der Waals surface area contributed by atoms with Gasteiger partial charge in [-0.05, 0) is 24.3 Å². The SMILES string of the molecule is O=Cc1ccccc1Oc1ccccc1C(F)(F)F. The van der Waals surface area contributed by atoms with Crippen molar-refractivity contribution >= 4 is 6.29 Å². The van der Waals surface area contributed by atoms with E-state index in [1.807, 2.05) is 0 Å². The van der Waals surface area contributed by atoms with Crippen LogP contribution < -0.4 is 4.74 Å². The molecule has 0 aliphatic carbocycles. The second-order valence-electron chi connectivity index (χ2n) is 3.75. The molecule has 19 heavy (non-hydrogen) atoms. The Balaban J connectivity index is 2.42. The number of alkyl halides is 3. The summed E-state index contributed by atoms with van der Waals surface area (Å²) >= 11 is 0. The lowest BCUT2D eigenvalue weighted by Gasteiger charge is -2.14. The van der Waals surface area contributed by atoms with Gasteiger partial charge in [-0.1, -0.05) is 24.3 Å². The molecule has 0 aromatic heterocycles. The maximum atomic E-state index is 12.8. The molecule has 2 aromatic carbocycles. The van der Waals surface area contributed by atoms with Gasteiger partial charge in [0.15, 0.2) is 6.29 Å². The Morgan fingerprint density at radius 1 is 0.895 bits per heavy atom. The van der Waals surface area contributed by atoms with Crippen molar-refractivity contribution in [3.05, 3.63) is 59.7 Å². The lowest BCUT2D eigenvalue weighted by Crippen LogP contribution is -2.07. The number of ether oxygens (including phenoxy) is 1. The van der Waals surface area contributed by atoms with E-state index in [1.165, 1.54) is 30.3 Å². The summed E-state index contributed by atoms with van der Waals surface area (Å²) in [6, 6.07) is 11.0. The molecule has 2 rings (SSSR count). The molecule has 0 amide bonds. The van der Waals surface area contributed by atoms with Crippen molar-refractivity contribution in [2.75, 3.05) is 0 Å². The molecule has 0 bridgehead atoms. The van der Waals surface area contributed by atoms with Gasteiger partial charge in [0, 0.05) is 0 Å². The highest BCUT2D eigenvalue weighted by atomic mass is 19.4. The van der Waals surface area contributed by atoms with Gasteiger partial charge >= 0.3 is 6.18 Å². The summed E-state index contributed by atoms with van der Waals surface area (Å²) in [7, 11) is 0. The van der Waals surface area contributed by atoms with Crippen molar-refractivity contribution in [1.29, 1.82) is 0 Å². The summed E-state index contributed by atoms with van der Waals surface area (Å²) in [5.41, 5.74) is -0.685. The van der Waals surface area contributed by atoms with Gasteiger partial charge < -0.3 is 4.74 Å². The Kier molecular flexibility index (Phi) is 3.55. The Morgan fingerprint density at radius 3 is 2.11 bits per heavy atom. The smallest absolute Gasteiger partial charge is 0.419 e. The van der Waals surface area contributed by atoms with Gasteiger partial charge in [-0.2, -0.15) is 13.2 Å². The molecule has 0 N–H and O–H groups in total. The van der Waals surface area contributed by atoms with Gasteiger partial charge in [-0.15, -0.1) is 0 Å². The lowest BCUT2D eigenvalue weighted by molar-refractivity contribution is -0.138. The topological polar surface area (TPSA) is 26.3 Å². The third-order valence-electron chi connectivity index (χ3n) is 2.46. The van der Waals surface area contributed by atoms with E-state index in [4.69, 9.17) is 4.74 Å². The number of halogens is 3. The van der Waals surface area contributed by atoms with Gasteiger partial charge in [0.1, 0.15) is 11.5 Å². The van der Waals surface area contributed by atoms with E-state index in [0.29, 0.717) is 6.29 Å². The molecule has 0 heterocycles. The maximum absolute atomic E-state index is 12.8. The summed E-state index contributed by atoms with van der Waals surface area (Å²) in [4.78, 5) is 10.8. The number of rotatable bonds is 3. The van der Waals surface area contributed by atoms with E-state index >= 15 is 0 Å². The highest BCUT2D eigenvalue weighted by Gasteiger charge is 2.34. The lowest BCUT2D eigenvalue weighted by atomic mass is 10.2. The molecular weight excluding hydrogens is 257 g/mol. The number of para-hydroxylation sites is 2. The van der Waals surface area contributed by atoms with Crippen LogP contribution in [0.2, 0.25) is 0 Å². The minimum Gasteiger partial charge on any atom is -0.456 e. The molecule has 5 heteroatoms. The first-order chi connectivity index (χ1) is 9.02. The van der Waals surface area contributed by atoms with E-state index in [1.54, 1.807) is 12.1 Å². The van der Waals surface area contributed by atoms with E-state index in [0.717, 1.165) is 6.07 Å². The molecule has 0 atom stereocenters. The van der Waals surface area contributed by atoms with Gasteiger partial charge in [-0.25, -0.2) is 0 Å². The fourth-order valence-electron chi connectivity index (χ4n) is 1.58. The highest BCUT2D eigenvalue weighted by molar-refractivity contribution is 5.79. The van der Waals surface area contributed by atoms with Crippen LogP contribution in [0.4, 0.5) is 13.2 Å². The summed E-state index contributed by atoms with van der Waals surface area (Å²) in [5, 5.41) is 0. The van der Waals surface area contributed by atoms with Crippen molar-refractivity contribution in [1.82, 2.24) is 0 Å². The molecule has 0 fully saturated rings. The molecule has 2 nitrogen and oxygen atoms in total. The third-order valence-corrected chi connectivity index (χ3v) is 2.46. The van der Waals surface area contributed by atoms with Crippen LogP contribution >= 0.6 is 0 Å². The minimum atomic E-state index is -4.51. The minimum absolute atomic E-state index is 0.0919. The summed E-state index contributed by atoms with van der Waals surface area (Å²) < 4.78 is 43.6. The average Bonchev–Trinajstić information content (AvgIpc) is 2.39. The summed E-state index contributed by atoms with van der Waals surface area (Å²) in [6.07, 6.45) is -3.97. The van der Waals surface area contributed by atoms with Crippen molar-refractivity contribution in [3.8, 4) is 11.5 Å². The normalized spacial score (nSPS) is 11.1. The quantitative estimate of drug-likeness (QED) is 0.774. The molecule has 0 saturated carbocycles. The molecule has 2 aromatic rings. The first-order valence-corrected chi connectivity index (χ1v) is 5.40. The Bertz CT molecular complexity index is 591. The average molecular weight is 266 g/mol. The van der Waals surface area contributed by atoms with E-state index in [9.17, 15) is 18.0 Å². The Morgan fingerprint density at radius 2 is 1.47 bits per heavy atom. The van der Waals surface area contributed by atoms with Gasteiger partial charge in [-0.3, -0.25) is 4.79 Å². The number of carbonyl (C=O) groups is 1. The maximum Gasteiger partial charge on any atom is 0.419 e. The summed E-state index contributed by atoms with van der Waals surface area (Å²) in [5.74, 6) is -0.237. The van der Waals surface area contributed by atoms with E-state index in [-0.39, 0.29) is 17.1 Å². The molecule has 0 aliphatic heterocycles. The first-order valence-electron chi connectivity index (χ1n) is 5.40. The van der Waals surface area contributed by atoms with Crippen molar-refractivity contribution in [3.63, 3.8) is 0 Å². The van der Waals surface area contributed by atoms with Crippen LogP contribution in [-0.4, -0.2) is 6.29 Å². The first kappa shape index (κ1) is 13.1. The molecule has 0 saturated heterocycles. The molecule has 0 aliphatic rings. The fraction of sp³-hybridized carbons (Fsp3) is 0.0714. The number of hydrogen-bond acceptors (Lipinski definition) is 2. The fourth-order valence-corrected chi connectivity index (χ4v) is 1.58. The number of aldehydes is 1. The number of carbonyl (C=O) groups excluding carboxylic acids is 1. The third kappa shape index (κ3) is 2.93. The largest absolute Gasteiger partial charge is 0.456 e. The molecule has 0 unspecified atom stereocenters. The van der Waals surface area contributed by atoms with Crippen molar-refractivity contribution in [2.24, 2.45) is 0 Å². The zero-order chi connectivity index (χ0) is 13.9. The van der Waals surface area contributed by atoms with Crippen LogP contribution in [0.25, 0.3) is 0 Å². The zero-order valence-corrected chi connectivity index (χ0v) is 9.65. The number of hydrogen-bond donors (Lipinski definition) is 0. The predicted octanol–water partition coefficient (Wildman–Crippen LogP) is 4.31. The zero-order valence-electron chi connectivity index (χ0n) is 9.65. The summed E-state index contributed by atoms with van der Waals surface area (Å²) in [6.45, 7) is 0. The second-order valence-corrected chi connectivity index (χ2v) is 3.75. The molecule has 98 valence electrons. The monoisotopic (exact) mass is 266 g/mol. The highest BCUT2D eigenvalue weighted by Crippen LogP contribution is 2.38. The van der Waals surface area contributed by atoms with Crippen LogP contribution in [0.3, 0.4) is 0 Å². The number of benzene rings is 2. The Hall–Kier alpha value is -2.30. The molecular formula is C14H9F3O2. The van der Waals surface area contributed by atoms with Crippen LogP contribution in [0.1, 0.15) is 15.9 Å². The second kappa shape index (κ2) is 5.14. The standard InChI is InChI=1S/C14H9F3O2/c15-14(16,17)11-6-2-4-8-13(11)19-12-7-3-1-5-10(12)9-18/h1-9H. The van der Waals surface area contributed by atoms with Crippen molar-refractivity contribution < 1.29 is 22.7 Å². The van der Waals surface area contributed by atoms with Crippen LogP contribution in [0, 0.1) is 0 Å². The molecule has 0 radical (unpaired) electrons. The van der Waals surface area contributed by atoms with Gasteiger partial charge in [0.25, 0.3) is 0 Å². The molecule has 0 spiro atoms. The van der Waals surface area contributed by atoms with Gasteiger partial charge in [0.2, 0.25) is 0 Å². The van der Waals surface area contributed by atoms with Crippen LogP contribution in [-0.2, 0) is 6.18 Å². The van der Waals surface area contributed by atoms with E-state index < -0.39 is 11.7 Å². The van der Waals surface area contributed by atoms with Crippen LogP contribution in [0.5, 0.6) is 11.5 Å². The van der Waals surface area contributed by atoms with Crippen molar-refractivity contribution in [2.45, 2.75) is 6.18 Å². The predicted molar refractivity (Wildman–Crippen MR) is 63.3 cm³/mol.